The number of aromatic amines is 1. The molecule has 0 unspecified atom stereocenters. The third-order valence-electron chi connectivity index (χ3n) is 3.58. The molecule has 0 saturated heterocycles. The predicted molar refractivity (Wildman–Crippen MR) is 90.4 cm³/mol. The van der Waals surface area contributed by atoms with E-state index in [-0.39, 0.29) is 5.56 Å². The Balaban J connectivity index is 2.40. The third kappa shape index (κ3) is 2.21. The van der Waals surface area contributed by atoms with Crippen LogP contribution in [0.2, 0.25) is 0 Å². The van der Waals surface area contributed by atoms with Gasteiger partial charge in [0.1, 0.15) is 0 Å². The Morgan fingerprint density at radius 1 is 1.00 bits per heavy atom. The summed E-state index contributed by atoms with van der Waals surface area (Å²) >= 11 is 0. The molecular weight excluding hydrogens is 258 g/mol. The van der Waals surface area contributed by atoms with Crippen molar-refractivity contribution >= 4 is 27.2 Å². The van der Waals surface area contributed by atoms with Gasteiger partial charge in [0.2, 0.25) is 0 Å². The SMILES string of the molecule is C=C/C=C(\C=C)c1ccc2[nH]c(=O)c3ccccc3c2c1. The van der Waals surface area contributed by atoms with Gasteiger partial charge in [-0.1, -0.05) is 55.7 Å². The van der Waals surface area contributed by atoms with Gasteiger partial charge in [0.05, 0.1) is 0 Å². The standard InChI is InChI=1S/C19H15NO/c1-3-7-13(4-2)14-10-11-18-17(12-14)15-8-5-6-9-16(15)19(21)20-18/h3-12H,1-2H2,(H,20,21)/b13-7+. The summed E-state index contributed by atoms with van der Waals surface area (Å²) < 4.78 is 0. The van der Waals surface area contributed by atoms with Gasteiger partial charge in [0.15, 0.2) is 0 Å². The van der Waals surface area contributed by atoms with Crippen molar-refractivity contribution in [3.63, 3.8) is 0 Å². The summed E-state index contributed by atoms with van der Waals surface area (Å²) in [6.45, 7) is 7.56. The fourth-order valence-corrected chi connectivity index (χ4v) is 2.57. The first kappa shape index (κ1) is 13.1. The van der Waals surface area contributed by atoms with Crippen molar-refractivity contribution in [3.8, 4) is 0 Å². The molecule has 0 fully saturated rings. The number of benzene rings is 2. The van der Waals surface area contributed by atoms with E-state index >= 15 is 0 Å². The van der Waals surface area contributed by atoms with Crippen molar-refractivity contribution in [2.75, 3.05) is 0 Å². The number of hydrogen-bond acceptors (Lipinski definition) is 1. The maximum atomic E-state index is 12.1. The first-order valence-electron chi connectivity index (χ1n) is 6.75. The van der Waals surface area contributed by atoms with E-state index in [1.54, 1.807) is 12.2 Å². The molecule has 2 heteroatoms. The van der Waals surface area contributed by atoms with Gasteiger partial charge < -0.3 is 4.98 Å². The van der Waals surface area contributed by atoms with Gasteiger partial charge in [-0.2, -0.15) is 0 Å². The number of H-pyrrole nitrogens is 1. The van der Waals surface area contributed by atoms with Crippen molar-refractivity contribution in [1.29, 1.82) is 0 Å². The molecule has 3 rings (SSSR count). The van der Waals surface area contributed by atoms with Gasteiger partial charge >= 0.3 is 0 Å². The molecule has 2 aromatic carbocycles. The van der Waals surface area contributed by atoms with Crippen LogP contribution >= 0.6 is 0 Å². The fourth-order valence-electron chi connectivity index (χ4n) is 2.57. The highest BCUT2D eigenvalue weighted by Crippen LogP contribution is 2.25. The highest BCUT2D eigenvalue weighted by Gasteiger charge is 2.06. The first-order valence-corrected chi connectivity index (χ1v) is 6.75. The predicted octanol–water partition coefficient (Wildman–Crippen LogP) is 4.44. The van der Waals surface area contributed by atoms with Crippen LogP contribution in [0.4, 0.5) is 0 Å². The summed E-state index contributed by atoms with van der Waals surface area (Å²) in [4.78, 5) is 15.0. The zero-order chi connectivity index (χ0) is 14.8. The lowest BCUT2D eigenvalue weighted by Crippen LogP contribution is -2.06. The Bertz CT molecular complexity index is 945. The van der Waals surface area contributed by atoms with Crippen LogP contribution in [0.1, 0.15) is 5.56 Å². The highest BCUT2D eigenvalue weighted by molar-refractivity contribution is 6.06. The van der Waals surface area contributed by atoms with Gasteiger partial charge in [-0.3, -0.25) is 4.79 Å². The van der Waals surface area contributed by atoms with Gasteiger partial charge in [-0.25, -0.2) is 0 Å². The van der Waals surface area contributed by atoms with E-state index in [2.05, 4.69) is 24.2 Å². The van der Waals surface area contributed by atoms with E-state index in [1.807, 2.05) is 42.5 Å². The lowest BCUT2D eigenvalue weighted by molar-refractivity contribution is 1.34. The molecule has 1 heterocycles. The Morgan fingerprint density at radius 3 is 2.48 bits per heavy atom. The van der Waals surface area contributed by atoms with E-state index in [0.29, 0.717) is 5.39 Å². The van der Waals surface area contributed by atoms with E-state index in [1.165, 1.54) is 0 Å². The highest BCUT2D eigenvalue weighted by atomic mass is 16.1. The maximum absolute atomic E-state index is 12.1. The molecule has 0 aliphatic carbocycles. The molecule has 3 aromatic rings. The van der Waals surface area contributed by atoms with Crippen molar-refractivity contribution in [3.05, 3.63) is 89.8 Å². The molecule has 1 aromatic heterocycles. The second kappa shape index (κ2) is 5.25. The van der Waals surface area contributed by atoms with Crippen LogP contribution in [0.15, 0.2) is 78.6 Å². The zero-order valence-corrected chi connectivity index (χ0v) is 11.6. The minimum atomic E-state index is -0.0589. The minimum Gasteiger partial charge on any atom is -0.321 e. The summed E-state index contributed by atoms with van der Waals surface area (Å²) in [6, 6.07) is 13.6. The second-order valence-electron chi connectivity index (χ2n) is 4.82. The summed E-state index contributed by atoms with van der Waals surface area (Å²) in [5, 5.41) is 2.69. The normalized spacial score (nSPS) is 11.7. The molecule has 0 saturated carbocycles. The average Bonchev–Trinajstić information content (AvgIpc) is 2.53. The third-order valence-corrected chi connectivity index (χ3v) is 3.58. The smallest absolute Gasteiger partial charge is 0.256 e. The van der Waals surface area contributed by atoms with Gasteiger partial charge in [-0.05, 0) is 34.7 Å². The number of aromatic nitrogens is 1. The van der Waals surface area contributed by atoms with Crippen LogP contribution in [-0.2, 0) is 0 Å². The quantitative estimate of drug-likeness (QED) is 0.555. The lowest BCUT2D eigenvalue weighted by atomic mass is 10.00. The fraction of sp³-hybridized carbons (Fsp3) is 0. The Labute approximate surface area is 122 Å². The molecule has 0 bridgehead atoms. The number of nitrogens with one attached hydrogen (secondary N) is 1. The number of rotatable bonds is 3. The lowest BCUT2D eigenvalue weighted by Gasteiger charge is -2.07. The average molecular weight is 273 g/mol. The van der Waals surface area contributed by atoms with E-state index < -0.39 is 0 Å². The molecular formula is C19H15NO. The van der Waals surface area contributed by atoms with Crippen LogP contribution in [0, 0.1) is 0 Å². The molecule has 0 aliphatic rings. The molecule has 21 heavy (non-hydrogen) atoms. The van der Waals surface area contributed by atoms with Crippen molar-refractivity contribution in [2.24, 2.45) is 0 Å². The topological polar surface area (TPSA) is 32.9 Å². The Kier molecular flexibility index (Phi) is 3.28. The number of allylic oxidation sites excluding steroid dienone is 4. The van der Waals surface area contributed by atoms with Gasteiger partial charge in [0, 0.05) is 16.3 Å². The zero-order valence-electron chi connectivity index (χ0n) is 11.6. The number of hydrogen-bond donors (Lipinski definition) is 1. The summed E-state index contributed by atoms with van der Waals surface area (Å²) in [5.74, 6) is 0. The summed E-state index contributed by atoms with van der Waals surface area (Å²) in [5.41, 5.74) is 2.83. The molecule has 2 nitrogen and oxygen atoms in total. The van der Waals surface area contributed by atoms with E-state index in [9.17, 15) is 4.79 Å². The monoisotopic (exact) mass is 273 g/mol. The van der Waals surface area contributed by atoms with E-state index in [4.69, 9.17) is 0 Å². The maximum Gasteiger partial charge on any atom is 0.256 e. The molecule has 102 valence electrons. The molecule has 0 atom stereocenters. The molecule has 0 radical (unpaired) electrons. The van der Waals surface area contributed by atoms with Crippen LogP contribution < -0.4 is 5.56 Å². The van der Waals surface area contributed by atoms with Crippen LogP contribution in [-0.4, -0.2) is 4.98 Å². The van der Waals surface area contributed by atoms with Crippen molar-refractivity contribution in [1.82, 2.24) is 4.98 Å². The summed E-state index contributed by atoms with van der Waals surface area (Å²) in [6.07, 6.45) is 5.46. The van der Waals surface area contributed by atoms with Crippen LogP contribution in [0.3, 0.4) is 0 Å². The van der Waals surface area contributed by atoms with Crippen molar-refractivity contribution in [2.45, 2.75) is 0 Å². The minimum absolute atomic E-state index is 0.0589. The Hall–Kier alpha value is -2.87. The molecule has 0 spiro atoms. The van der Waals surface area contributed by atoms with E-state index in [0.717, 1.165) is 27.4 Å². The first-order chi connectivity index (χ1) is 10.2. The van der Waals surface area contributed by atoms with Gasteiger partial charge in [-0.15, -0.1) is 0 Å². The number of pyridine rings is 1. The molecule has 0 aliphatic heterocycles. The largest absolute Gasteiger partial charge is 0.321 e. The van der Waals surface area contributed by atoms with Crippen LogP contribution in [0.25, 0.3) is 27.2 Å². The summed E-state index contributed by atoms with van der Waals surface area (Å²) in [7, 11) is 0. The molecule has 1 N–H and O–H groups in total. The second-order valence-corrected chi connectivity index (χ2v) is 4.82. The van der Waals surface area contributed by atoms with Gasteiger partial charge in [0.25, 0.3) is 5.56 Å². The van der Waals surface area contributed by atoms with Crippen molar-refractivity contribution < 1.29 is 0 Å². The Morgan fingerprint density at radius 2 is 1.76 bits per heavy atom. The number of fused-ring (bicyclic) bond motifs is 3. The molecule has 0 amide bonds. The van der Waals surface area contributed by atoms with Crippen LogP contribution in [0.5, 0.6) is 0 Å².